The SMILES string of the molecule is CC1CN(CC2CCN(c3ccnc(Cl)c3)CC2)CC(C)O1. The first-order chi connectivity index (χ1) is 10.6. The second kappa shape index (κ2) is 7.16. The third-order valence-corrected chi connectivity index (χ3v) is 4.91. The van der Waals surface area contributed by atoms with Gasteiger partial charge in [0.2, 0.25) is 0 Å². The molecular formula is C17H26ClN3O. The standard InChI is InChI=1S/C17H26ClN3O/c1-13-10-20(11-14(2)22-13)12-15-4-7-21(8-5-15)16-3-6-19-17(18)9-16/h3,6,9,13-15H,4-5,7-8,10-12H2,1-2H3. The van der Waals surface area contributed by atoms with Crippen molar-refractivity contribution in [2.24, 2.45) is 5.92 Å². The van der Waals surface area contributed by atoms with Crippen LogP contribution in [-0.4, -0.2) is 54.8 Å². The fourth-order valence-electron chi connectivity index (χ4n) is 3.76. The van der Waals surface area contributed by atoms with Crippen LogP contribution in [0.15, 0.2) is 18.3 Å². The molecule has 2 fully saturated rings. The Balaban J connectivity index is 1.49. The fourth-order valence-corrected chi connectivity index (χ4v) is 3.93. The minimum absolute atomic E-state index is 0.364. The second-order valence-electron chi connectivity index (χ2n) is 6.74. The molecule has 0 N–H and O–H groups in total. The fraction of sp³-hybridized carbons (Fsp3) is 0.706. The number of aromatic nitrogens is 1. The lowest BCUT2D eigenvalue weighted by molar-refractivity contribution is -0.0720. The number of nitrogens with zero attached hydrogens (tertiary/aromatic N) is 3. The molecule has 0 aromatic carbocycles. The van der Waals surface area contributed by atoms with Gasteiger partial charge in [0.15, 0.2) is 0 Å². The summed E-state index contributed by atoms with van der Waals surface area (Å²) in [5.74, 6) is 0.797. The summed E-state index contributed by atoms with van der Waals surface area (Å²) >= 11 is 5.99. The summed E-state index contributed by atoms with van der Waals surface area (Å²) in [6, 6.07) is 4.02. The van der Waals surface area contributed by atoms with Crippen LogP contribution in [0.4, 0.5) is 5.69 Å². The Morgan fingerprint density at radius 1 is 1.23 bits per heavy atom. The number of pyridine rings is 1. The molecule has 2 aliphatic heterocycles. The van der Waals surface area contributed by atoms with Crippen LogP contribution in [0, 0.1) is 5.92 Å². The maximum Gasteiger partial charge on any atom is 0.131 e. The van der Waals surface area contributed by atoms with Gasteiger partial charge in [-0.2, -0.15) is 0 Å². The van der Waals surface area contributed by atoms with Gasteiger partial charge in [-0.3, -0.25) is 4.90 Å². The monoisotopic (exact) mass is 323 g/mol. The average Bonchev–Trinajstić information content (AvgIpc) is 2.47. The smallest absolute Gasteiger partial charge is 0.131 e. The van der Waals surface area contributed by atoms with Gasteiger partial charge in [-0.25, -0.2) is 4.98 Å². The van der Waals surface area contributed by atoms with Crippen molar-refractivity contribution < 1.29 is 4.74 Å². The van der Waals surface area contributed by atoms with E-state index in [9.17, 15) is 0 Å². The van der Waals surface area contributed by atoms with E-state index in [0.717, 1.165) is 32.1 Å². The maximum atomic E-state index is 5.99. The molecule has 2 aliphatic rings. The first-order valence-corrected chi connectivity index (χ1v) is 8.72. The van der Waals surface area contributed by atoms with Crippen LogP contribution in [0.25, 0.3) is 0 Å². The summed E-state index contributed by atoms with van der Waals surface area (Å²) in [5.41, 5.74) is 1.20. The molecule has 1 aromatic heterocycles. The van der Waals surface area contributed by atoms with E-state index in [0.29, 0.717) is 17.4 Å². The van der Waals surface area contributed by atoms with Crippen molar-refractivity contribution in [3.63, 3.8) is 0 Å². The van der Waals surface area contributed by atoms with Gasteiger partial charge in [0, 0.05) is 44.6 Å². The molecule has 0 amide bonds. The third kappa shape index (κ3) is 4.12. The number of halogens is 1. The molecule has 0 spiro atoms. The predicted octanol–water partition coefficient (Wildman–Crippen LogP) is 3.06. The Hall–Kier alpha value is -0.840. The van der Waals surface area contributed by atoms with Gasteiger partial charge >= 0.3 is 0 Å². The number of piperidine rings is 1. The highest BCUT2D eigenvalue weighted by Gasteiger charge is 2.26. The Labute approximate surface area is 138 Å². The van der Waals surface area contributed by atoms with Crippen molar-refractivity contribution in [1.29, 1.82) is 0 Å². The van der Waals surface area contributed by atoms with Crippen LogP contribution < -0.4 is 4.90 Å². The molecule has 5 heteroatoms. The van der Waals surface area contributed by atoms with E-state index < -0.39 is 0 Å². The lowest BCUT2D eigenvalue weighted by Gasteiger charge is -2.40. The summed E-state index contributed by atoms with van der Waals surface area (Å²) in [5, 5.41) is 0.580. The molecule has 2 atom stereocenters. The normalized spacial score (nSPS) is 28.0. The quantitative estimate of drug-likeness (QED) is 0.799. The van der Waals surface area contributed by atoms with E-state index in [4.69, 9.17) is 16.3 Å². The Bertz CT molecular complexity index is 481. The molecule has 0 bridgehead atoms. The van der Waals surface area contributed by atoms with Crippen LogP contribution in [-0.2, 0) is 4.74 Å². The number of ether oxygens (including phenoxy) is 1. The van der Waals surface area contributed by atoms with Crippen LogP contribution in [0.5, 0.6) is 0 Å². The lowest BCUT2D eigenvalue weighted by Crippen LogP contribution is -2.48. The van der Waals surface area contributed by atoms with E-state index in [-0.39, 0.29) is 0 Å². The minimum atomic E-state index is 0.364. The van der Waals surface area contributed by atoms with Crippen molar-refractivity contribution in [2.45, 2.75) is 38.9 Å². The maximum absolute atomic E-state index is 5.99. The average molecular weight is 324 g/mol. The van der Waals surface area contributed by atoms with E-state index in [1.54, 1.807) is 6.20 Å². The van der Waals surface area contributed by atoms with Gasteiger partial charge in [0.25, 0.3) is 0 Å². The zero-order chi connectivity index (χ0) is 15.5. The topological polar surface area (TPSA) is 28.6 Å². The van der Waals surface area contributed by atoms with Gasteiger partial charge in [-0.1, -0.05) is 11.6 Å². The molecule has 3 rings (SSSR count). The number of rotatable bonds is 3. The summed E-state index contributed by atoms with van der Waals surface area (Å²) in [6.07, 6.45) is 5.02. The highest BCUT2D eigenvalue weighted by molar-refractivity contribution is 6.29. The molecule has 122 valence electrons. The van der Waals surface area contributed by atoms with Crippen LogP contribution >= 0.6 is 11.6 Å². The summed E-state index contributed by atoms with van der Waals surface area (Å²) in [4.78, 5) is 9.07. The highest BCUT2D eigenvalue weighted by atomic mass is 35.5. The first-order valence-electron chi connectivity index (χ1n) is 8.34. The molecule has 2 saturated heterocycles. The highest BCUT2D eigenvalue weighted by Crippen LogP contribution is 2.25. The van der Waals surface area contributed by atoms with Crippen molar-refractivity contribution in [1.82, 2.24) is 9.88 Å². The van der Waals surface area contributed by atoms with Crippen LogP contribution in [0.1, 0.15) is 26.7 Å². The molecule has 4 nitrogen and oxygen atoms in total. The molecule has 0 aliphatic carbocycles. The van der Waals surface area contributed by atoms with E-state index >= 15 is 0 Å². The Morgan fingerprint density at radius 2 is 1.91 bits per heavy atom. The van der Waals surface area contributed by atoms with Crippen LogP contribution in [0.2, 0.25) is 5.15 Å². The molecule has 2 unspecified atom stereocenters. The number of hydrogen-bond donors (Lipinski definition) is 0. The van der Waals surface area contributed by atoms with Gasteiger partial charge in [-0.05, 0) is 44.7 Å². The zero-order valence-electron chi connectivity index (χ0n) is 13.5. The van der Waals surface area contributed by atoms with Crippen molar-refractivity contribution in [2.75, 3.05) is 37.6 Å². The molecule has 22 heavy (non-hydrogen) atoms. The largest absolute Gasteiger partial charge is 0.373 e. The molecule has 3 heterocycles. The van der Waals surface area contributed by atoms with Crippen LogP contribution in [0.3, 0.4) is 0 Å². The second-order valence-corrected chi connectivity index (χ2v) is 7.13. The van der Waals surface area contributed by atoms with E-state index in [1.807, 2.05) is 6.07 Å². The summed E-state index contributed by atoms with van der Waals surface area (Å²) in [6.45, 7) is 9.94. The van der Waals surface area contributed by atoms with Gasteiger partial charge in [0.1, 0.15) is 5.15 Å². The number of morpholine rings is 1. The lowest BCUT2D eigenvalue weighted by atomic mass is 9.95. The Morgan fingerprint density at radius 3 is 2.55 bits per heavy atom. The summed E-state index contributed by atoms with van der Waals surface area (Å²) < 4.78 is 5.82. The number of anilines is 1. The van der Waals surface area contributed by atoms with Gasteiger partial charge < -0.3 is 9.64 Å². The molecular weight excluding hydrogens is 298 g/mol. The van der Waals surface area contributed by atoms with Crippen molar-refractivity contribution >= 4 is 17.3 Å². The van der Waals surface area contributed by atoms with E-state index in [1.165, 1.54) is 25.1 Å². The van der Waals surface area contributed by atoms with Gasteiger partial charge in [0.05, 0.1) is 12.2 Å². The molecule has 0 saturated carbocycles. The predicted molar refractivity (Wildman–Crippen MR) is 90.6 cm³/mol. The minimum Gasteiger partial charge on any atom is -0.373 e. The van der Waals surface area contributed by atoms with E-state index in [2.05, 4.69) is 34.7 Å². The Kier molecular flexibility index (Phi) is 5.21. The molecule has 0 radical (unpaired) electrons. The van der Waals surface area contributed by atoms with Crippen molar-refractivity contribution in [3.05, 3.63) is 23.5 Å². The zero-order valence-corrected chi connectivity index (χ0v) is 14.3. The summed E-state index contributed by atoms with van der Waals surface area (Å²) in [7, 11) is 0. The van der Waals surface area contributed by atoms with Crippen molar-refractivity contribution in [3.8, 4) is 0 Å². The van der Waals surface area contributed by atoms with Gasteiger partial charge in [-0.15, -0.1) is 0 Å². The third-order valence-electron chi connectivity index (χ3n) is 4.70. The first kappa shape index (κ1) is 16.0. The number of hydrogen-bond acceptors (Lipinski definition) is 4. The molecule has 1 aromatic rings.